The molecule has 0 aliphatic heterocycles. The number of carbonyl (C=O) groups is 2. The van der Waals surface area contributed by atoms with E-state index in [4.69, 9.17) is 4.42 Å². The second-order valence-electron chi connectivity index (χ2n) is 4.44. The van der Waals surface area contributed by atoms with Crippen molar-refractivity contribution in [3.63, 3.8) is 0 Å². The van der Waals surface area contributed by atoms with Crippen molar-refractivity contribution in [1.82, 2.24) is 9.88 Å². The lowest BCUT2D eigenvalue weighted by Gasteiger charge is -2.15. The number of carbonyl (C=O) groups excluding carboxylic acids is 2. The molecule has 1 amide bonds. The smallest absolute Gasteiger partial charge is 0.307 e. The van der Waals surface area contributed by atoms with Crippen molar-refractivity contribution in [1.29, 1.82) is 0 Å². The minimum Gasteiger partial charge on any atom is -0.469 e. The van der Waals surface area contributed by atoms with E-state index in [9.17, 15) is 9.59 Å². The van der Waals surface area contributed by atoms with E-state index in [1.54, 1.807) is 19.4 Å². The van der Waals surface area contributed by atoms with Crippen LogP contribution in [-0.2, 0) is 20.7 Å². The molecule has 0 radical (unpaired) electrons. The third-order valence-electron chi connectivity index (χ3n) is 2.92. The van der Waals surface area contributed by atoms with Gasteiger partial charge in [0.2, 0.25) is 5.91 Å². The van der Waals surface area contributed by atoms with E-state index in [-0.39, 0.29) is 24.7 Å². The van der Waals surface area contributed by atoms with Crippen molar-refractivity contribution in [2.45, 2.75) is 12.8 Å². The summed E-state index contributed by atoms with van der Waals surface area (Å²) in [6, 6.07) is 3.62. The van der Waals surface area contributed by atoms with Crippen LogP contribution in [0.1, 0.15) is 12.1 Å². The maximum atomic E-state index is 12.0. The average molecular weight is 308 g/mol. The number of esters is 1. The zero-order valence-corrected chi connectivity index (χ0v) is 12.7. The zero-order chi connectivity index (χ0) is 15.2. The number of likely N-dealkylation sites (N-methyl/N-ethyl adjacent to an activating group) is 1. The molecule has 0 N–H and O–H groups in total. The first-order chi connectivity index (χ1) is 10.1. The number of ether oxygens (including phenoxy) is 1. The van der Waals surface area contributed by atoms with Crippen LogP contribution in [0.3, 0.4) is 0 Å². The van der Waals surface area contributed by atoms with E-state index in [0.717, 1.165) is 5.01 Å². The molecule has 0 saturated heterocycles. The molecule has 0 saturated carbocycles. The number of aromatic nitrogens is 1. The molecule has 0 unspecified atom stereocenters. The molecule has 2 aromatic rings. The summed E-state index contributed by atoms with van der Waals surface area (Å²) in [6.07, 6.45) is 1.98. The van der Waals surface area contributed by atoms with Gasteiger partial charge in [0.25, 0.3) is 0 Å². The highest BCUT2D eigenvalue weighted by atomic mass is 32.1. The van der Waals surface area contributed by atoms with Crippen LogP contribution in [0.2, 0.25) is 0 Å². The first kappa shape index (κ1) is 15.2. The number of thiazole rings is 1. The predicted octanol–water partition coefficient (Wildman–Crippen LogP) is 1.97. The van der Waals surface area contributed by atoms with Crippen molar-refractivity contribution in [2.24, 2.45) is 0 Å². The molecule has 6 nitrogen and oxygen atoms in total. The second-order valence-corrected chi connectivity index (χ2v) is 5.30. The highest BCUT2D eigenvalue weighted by Gasteiger charge is 2.14. The Hall–Kier alpha value is -2.15. The molecule has 0 aliphatic rings. The van der Waals surface area contributed by atoms with Crippen molar-refractivity contribution >= 4 is 23.2 Å². The van der Waals surface area contributed by atoms with Gasteiger partial charge in [-0.2, -0.15) is 0 Å². The fourth-order valence-corrected chi connectivity index (χ4v) is 2.46. The molecule has 7 heteroatoms. The lowest BCUT2D eigenvalue weighted by atomic mass is 10.3. The lowest BCUT2D eigenvalue weighted by molar-refractivity contribution is -0.141. The number of hydrogen-bond donors (Lipinski definition) is 0. The fraction of sp³-hybridized carbons (Fsp3) is 0.357. The second kappa shape index (κ2) is 7.03. The quantitative estimate of drug-likeness (QED) is 0.763. The fourth-order valence-electron chi connectivity index (χ4n) is 1.68. The van der Waals surface area contributed by atoms with E-state index < -0.39 is 0 Å². The van der Waals surface area contributed by atoms with E-state index in [0.29, 0.717) is 18.0 Å². The SMILES string of the molecule is COC(=O)CCN(C)C(=O)Cc1csc(-c2ccco2)n1. The first-order valence-electron chi connectivity index (χ1n) is 6.39. The molecular formula is C14H16N2O4S. The van der Waals surface area contributed by atoms with Crippen LogP contribution in [0.4, 0.5) is 0 Å². The maximum absolute atomic E-state index is 12.0. The lowest BCUT2D eigenvalue weighted by Crippen LogP contribution is -2.30. The van der Waals surface area contributed by atoms with Crippen LogP contribution < -0.4 is 0 Å². The standard InChI is InChI=1S/C14H16N2O4S/c1-16(6-5-13(18)19-2)12(17)8-10-9-21-14(15-10)11-4-3-7-20-11/h3-4,7,9H,5-6,8H2,1-2H3. The summed E-state index contributed by atoms with van der Waals surface area (Å²) >= 11 is 1.43. The Bertz CT molecular complexity index is 606. The largest absolute Gasteiger partial charge is 0.469 e. The molecule has 2 rings (SSSR count). The minimum absolute atomic E-state index is 0.0878. The third kappa shape index (κ3) is 4.16. The molecule has 0 fully saturated rings. The number of rotatable bonds is 6. The molecule has 0 aliphatic carbocycles. The molecule has 0 bridgehead atoms. The number of amides is 1. The van der Waals surface area contributed by atoms with Crippen molar-refractivity contribution in [3.05, 3.63) is 29.5 Å². The Morgan fingerprint density at radius 3 is 2.95 bits per heavy atom. The summed E-state index contributed by atoms with van der Waals surface area (Å²) in [5.41, 5.74) is 0.696. The molecule has 0 aromatic carbocycles. The molecular weight excluding hydrogens is 292 g/mol. The number of nitrogens with zero attached hydrogens (tertiary/aromatic N) is 2. The predicted molar refractivity (Wildman–Crippen MR) is 77.8 cm³/mol. The van der Waals surface area contributed by atoms with E-state index >= 15 is 0 Å². The zero-order valence-electron chi connectivity index (χ0n) is 11.9. The summed E-state index contributed by atoms with van der Waals surface area (Å²) in [7, 11) is 2.99. The Kier molecular flexibility index (Phi) is 5.10. The molecule has 0 atom stereocenters. The number of methoxy groups -OCH3 is 1. The Morgan fingerprint density at radius 1 is 1.48 bits per heavy atom. The van der Waals surface area contributed by atoms with Crippen LogP contribution in [0.5, 0.6) is 0 Å². The monoisotopic (exact) mass is 308 g/mol. The summed E-state index contributed by atoms with van der Waals surface area (Å²) in [4.78, 5) is 28.9. The maximum Gasteiger partial charge on any atom is 0.307 e. The Morgan fingerprint density at radius 2 is 2.29 bits per heavy atom. The Labute approximate surface area is 126 Å². The molecule has 2 heterocycles. The molecule has 112 valence electrons. The van der Waals surface area contributed by atoms with E-state index in [1.165, 1.54) is 23.3 Å². The topological polar surface area (TPSA) is 72.6 Å². The summed E-state index contributed by atoms with van der Waals surface area (Å²) in [5, 5.41) is 2.59. The van der Waals surface area contributed by atoms with Gasteiger partial charge in [0.05, 0.1) is 31.9 Å². The van der Waals surface area contributed by atoms with Gasteiger partial charge in [0.15, 0.2) is 10.8 Å². The van der Waals surface area contributed by atoms with Crippen molar-refractivity contribution in [2.75, 3.05) is 20.7 Å². The van der Waals surface area contributed by atoms with Gasteiger partial charge in [0.1, 0.15) is 0 Å². The van der Waals surface area contributed by atoms with Crippen LogP contribution in [0.25, 0.3) is 10.8 Å². The van der Waals surface area contributed by atoms with Gasteiger partial charge >= 0.3 is 5.97 Å². The molecule has 0 spiro atoms. The number of hydrogen-bond acceptors (Lipinski definition) is 6. The van der Waals surface area contributed by atoms with Gasteiger partial charge in [-0.1, -0.05) is 0 Å². The van der Waals surface area contributed by atoms with Gasteiger partial charge in [-0.25, -0.2) is 4.98 Å². The van der Waals surface area contributed by atoms with Crippen LogP contribution >= 0.6 is 11.3 Å². The van der Waals surface area contributed by atoms with Gasteiger partial charge in [0, 0.05) is 19.0 Å². The summed E-state index contributed by atoms with van der Waals surface area (Å²) in [5.74, 6) is 0.274. The summed E-state index contributed by atoms with van der Waals surface area (Å²) < 4.78 is 9.81. The Balaban J connectivity index is 1.89. The number of furan rings is 1. The highest BCUT2D eigenvalue weighted by molar-refractivity contribution is 7.13. The van der Waals surface area contributed by atoms with Crippen LogP contribution in [0, 0.1) is 0 Å². The highest BCUT2D eigenvalue weighted by Crippen LogP contribution is 2.24. The van der Waals surface area contributed by atoms with Crippen molar-refractivity contribution < 1.29 is 18.7 Å². The van der Waals surface area contributed by atoms with Crippen LogP contribution in [-0.4, -0.2) is 42.5 Å². The molecule has 2 aromatic heterocycles. The van der Waals surface area contributed by atoms with Crippen molar-refractivity contribution in [3.8, 4) is 10.8 Å². The average Bonchev–Trinajstić information content (AvgIpc) is 3.14. The first-order valence-corrected chi connectivity index (χ1v) is 7.27. The third-order valence-corrected chi connectivity index (χ3v) is 3.83. The minimum atomic E-state index is -0.330. The summed E-state index contributed by atoms with van der Waals surface area (Å²) in [6.45, 7) is 0.334. The van der Waals surface area contributed by atoms with Gasteiger partial charge < -0.3 is 14.1 Å². The van der Waals surface area contributed by atoms with Gasteiger partial charge in [-0.15, -0.1) is 11.3 Å². The molecule has 21 heavy (non-hydrogen) atoms. The van der Waals surface area contributed by atoms with Gasteiger partial charge in [-0.05, 0) is 12.1 Å². The van der Waals surface area contributed by atoms with E-state index in [2.05, 4.69) is 9.72 Å². The van der Waals surface area contributed by atoms with Crippen LogP contribution in [0.15, 0.2) is 28.2 Å². The van der Waals surface area contributed by atoms with E-state index in [1.807, 2.05) is 11.4 Å². The normalized spacial score (nSPS) is 10.4. The van der Waals surface area contributed by atoms with Gasteiger partial charge in [-0.3, -0.25) is 9.59 Å².